The molecule has 0 unspecified atom stereocenters. The second kappa shape index (κ2) is 6.37. The highest BCUT2D eigenvalue weighted by Crippen LogP contribution is 2.28. The van der Waals surface area contributed by atoms with Gasteiger partial charge in [0, 0.05) is 60.8 Å². The first-order valence-corrected chi connectivity index (χ1v) is 9.63. The number of hydrogen-bond donors (Lipinski definition) is 1. The SMILES string of the molecule is Cn1ccc2cc(C(=O)N3CCc4ncnc(NC5CC5)c4CC3)ccc21. The fourth-order valence-corrected chi connectivity index (χ4v) is 3.87. The summed E-state index contributed by atoms with van der Waals surface area (Å²) < 4.78 is 2.07. The zero-order valence-corrected chi connectivity index (χ0v) is 15.5. The van der Waals surface area contributed by atoms with Gasteiger partial charge in [0.25, 0.3) is 5.91 Å². The molecule has 1 amide bonds. The lowest BCUT2D eigenvalue weighted by Crippen LogP contribution is -2.33. The summed E-state index contributed by atoms with van der Waals surface area (Å²) >= 11 is 0. The number of amides is 1. The molecule has 2 aliphatic rings. The van der Waals surface area contributed by atoms with Crippen molar-refractivity contribution in [1.82, 2.24) is 19.4 Å². The molecule has 6 heteroatoms. The Hall–Kier alpha value is -2.89. The number of fused-ring (bicyclic) bond motifs is 2. The van der Waals surface area contributed by atoms with Crippen LogP contribution in [0.1, 0.15) is 34.5 Å². The molecule has 1 aromatic carbocycles. The summed E-state index contributed by atoms with van der Waals surface area (Å²) in [5.41, 5.74) is 4.14. The molecular weight excluding hydrogens is 338 g/mol. The standard InChI is InChI=1S/C21H23N5O/c1-25-9-6-14-12-15(2-5-19(14)25)21(27)26-10-7-17-18(8-11-26)22-13-23-20(17)24-16-3-4-16/h2,5-6,9,12-13,16H,3-4,7-8,10-11H2,1H3,(H,22,23,24). The van der Waals surface area contributed by atoms with E-state index in [1.807, 2.05) is 36.3 Å². The van der Waals surface area contributed by atoms with Crippen LogP contribution in [0.3, 0.4) is 0 Å². The molecule has 1 saturated carbocycles. The van der Waals surface area contributed by atoms with Gasteiger partial charge < -0.3 is 14.8 Å². The van der Waals surface area contributed by atoms with E-state index in [2.05, 4.69) is 25.9 Å². The van der Waals surface area contributed by atoms with E-state index < -0.39 is 0 Å². The van der Waals surface area contributed by atoms with Gasteiger partial charge in [0.15, 0.2) is 0 Å². The van der Waals surface area contributed by atoms with Crippen molar-refractivity contribution in [3.8, 4) is 0 Å². The van der Waals surface area contributed by atoms with Crippen molar-refractivity contribution in [2.45, 2.75) is 31.7 Å². The molecule has 0 spiro atoms. The molecule has 3 heterocycles. The van der Waals surface area contributed by atoms with E-state index in [1.54, 1.807) is 6.33 Å². The third-order valence-electron chi connectivity index (χ3n) is 5.62. The van der Waals surface area contributed by atoms with E-state index in [0.717, 1.165) is 40.8 Å². The van der Waals surface area contributed by atoms with Gasteiger partial charge in [0.05, 0.1) is 5.69 Å². The van der Waals surface area contributed by atoms with Crippen molar-refractivity contribution in [3.05, 3.63) is 53.6 Å². The van der Waals surface area contributed by atoms with Crippen LogP contribution >= 0.6 is 0 Å². The predicted molar refractivity (Wildman–Crippen MR) is 105 cm³/mol. The lowest BCUT2D eigenvalue weighted by Gasteiger charge is -2.20. The van der Waals surface area contributed by atoms with Crippen molar-refractivity contribution in [3.63, 3.8) is 0 Å². The monoisotopic (exact) mass is 361 g/mol. The largest absolute Gasteiger partial charge is 0.367 e. The molecule has 0 bridgehead atoms. The van der Waals surface area contributed by atoms with Gasteiger partial charge in [-0.2, -0.15) is 0 Å². The van der Waals surface area contributed by atoms with E-state index in [-0.39, 0.29) is 5.91 Å². The van der Waals surface area contributed by atoms with Crippen LogP contribution in [0.25, 0.3) is 10.9 Å². The predicted octanol–water partition coefficient (Wildman–Crippen LogP) is 2.78. The third kappa shape index (κ3) is 3.05. The molecule has 1 aliphatic carbocycles. The zero-order chi connectivity index (χ0) is 18.4. The van der Waals surface area contributed by atoms with Crippen LogP contribution in [-0.2, 0) is 19.9 Å². The fraction of sp³-hybridized carbons (Fsp3) is 0.381. The molecule has 0 atom stereocenters. The topological polar surface area (TPSA) is 63.1 Å². The molecule has 2 aromatic heterocycles. The summed E-state index contributed by atoms with van der Waals surface area (Å²) in [5.74, 6) is 1.06. The summed E-state index contributed by atoms with van der Waals surface area (Å²) in [6, 6.07) is 8.56. The third-order valence-corrected chi connectivity index (χ3v) is 5.62. The number of carbonyl (C=O) groups is 1. The summed E-state index contributed by atoms with van der Waals surface area (Å²) in [6.07, 6.45) is 7.66. The van der Waals surface area contributed by atoms with Crippen LogP contribution in [-0.4, -0.2) is 44.5 Å². The van der Waals surface area contributed by atoms with Crippen LogP contribution in [0.4, 0.5) is 5.82 Å². The van der Waals surface area contributed by atoms with Crippen LogP contribution in [0.2, 0.25) is 0 Å². The van der Waals surface area contributed by atoms with Gasteiger partial charge in [-0.1, -0.05) is 0 Å². The molecule has 1 fully saturated rings. The van der Waals surface area contributed by atoms with Crippen LogP contribution in [0.15, 0.2) is 36.8 Å². The smallest absolute Gasteiger partial charge is 0.253 e. The maximum atomic E-state index is 13.1. The Bertz CT molecular complexity index is 1020. The summed E-state index contributed by atoms with van der Waals surface area (Å²) in [6.45, 7) is 1.39. The van der Waals surface area contributed by atoms with Crippen molar-refractivity contribution < 1.29 is 4.79 Å². The first-order valence-electron chi connectivity index (χ1n) is 9.63. The molecule has 0 radical (unpaired) electrons. The Morgan fingerprint density at radius 3 is 2.85 bits per heavy atom. The summed E-state index contributed by atoms with van der Waals surface area (Å²) in [5, 5.41) is 4.61. The van der Waals surface area contributed by atoms with Gasteiger partial charge in [-0.15, -0.1) is 0 Å². The number of anilines is 1. The normalized spacial score (nSPS) is 16.9. The van der Waals surface area contributed by atoms with E-state index in [9.17, 15) is 4.79 Å². The van der Waals surface area contributed by atoms with Gasteiger partial charge in [-0.25, -0.2) is 9.97 Å². The van der Waals surface area contributed by atoms with Gasteiger partial charge in [0.1, 0.15) is 12.1 Å². The number of benzene rings is 1. The van der Waals surface area contributed by atoms with Gasteiger partial charge >= 0.3 is 0 Å². The van der Waals surface area contributed by atoms with Crippen LogP contribution in [0.5, 0.6) is 0 Å². The highest BCUT2D eigenvalue weighted by molar-refractivity contribution is 5.98. The minimum atomic E-state index is 0.0956. The van der Waals surface area contributed by atoms with Crippen molar-refractivity contribution in [2.75, 3.05) is 18.4 Å². The number of nitrogens with one attached hydrogen (secondary N) is 1. The molecule has 1 N–H and O–H groups in total. The molecule has 1 aliphatic heterocycles. The maximum Gasteiger partial charge on any atom is 0.253 e. The first-order chi connectivity index (χ1) is 13.2. The van der Waals surface area contributed by atoms with Gasteiger partial charge in [-0.05, 0) is 43.5 Å². The van der Waals surface area contributed by atoms with Crippen molar-refractivity contribution in [1.29, 1.82) is 0 Å². The Morgan fingerprint density at radius 2 is 2.00 bits per heavy atom. The minimum Gasteiger partial charge on any atom is -0.367 e. The number of rotatable bonds is 3. The molecule has 138 valence electrons. The van der Waals surface area contributed by atoms with E-state index in [4.69, 9.17) is 0 Å². The number of aromatic nitrogens is 3. The maximum absolute atomic E-state index is 13.1. The number of nitrogens with zero attached hydrogens (tertiary/aromatic N) is 4. The fourth-order valence-electron chi connectivity index (χ4n) is 3.87. The second-order valence-electron chi connectivity index (χ2n) is 7.56. The lowest BCUT2D eigenvalue weighted by molar-refractivity contribution is 0.0763. The van der Waals surface area contributed by atoms with Crippen LogP contribution < -0.4 is 5.32 Å². The molecule has 5 rings (SSSR count). The highest BCUT2D eigenvalue weighted by Gasteiger charge is 2.26. The highest BCUT2D eigenvalue weighted by atomic mass is 16.2. The minimum absolute atomic E-state index is 0.0956. The van der Waals surface area contributed by atoms with Crippen molar-refractivity contribution in [2.24, 2.45) is 7.05 Å². The number of hydrogen-bond acceptors (Lipinski definition) is 4. The second-order valence-corrected chi connectivity index (χ2v) is 7.56. The Labute approximate surface area is 158 Å². The molecule has 6 nitrogen and oxygen atoms in total. The average Bonchev–Trinajstić information content (AvgIpc) is 3.46. The first kappa shape index (κ1) is 16.3. The molecule has 3 aromatic rings. The molecule has 27 heavy (non-hydrogen) atoms. The average molecular weight is 361 g/mol. The Kier molecular flexibility index (Phi) is 3.85. The number of carbonyl (C=O) groups excluding carboxylic acids is 1. The van der Waals surface area contributed by atoms with Crippen LogP contribution in [0, 0.1) is 0 Å². The van der Waals surface area contributed by atoms with E-state index in [0.29, 0.717) is 19.1 Å². The summed E-state index contributed by atoms with van der Waals surface area (Å²) in [4.78, 5) is 24.0. The van der Waals surface area contributed by atoms with Crippen molar-refractivity contribution >= 4 is 22.6 Å². The quantitative estimate of drug-likeness (QED) is 0.779. The number of aryl methyl sites for hydroxylation is 1. The van der Waals surface area contributed by atoms with E-state index in [1.165, 1.54) is 18.4 Å². The Morgan fingerprint density at radius 1 is 1.15 bits per heavy atom. The lowest BCUT2D eigenvalue weighted by atomic mass is 10.1. The zero-order valence-electron chi connectivity index (χ0n) is 15.5. The Balaban J connectivity index is 1.37. The molecule has 0 saturated heterocycles. The van der Waals surface area contributed by atoms with Gasteiger partial charge in [-0.3, -0.25) is 4.79 Å². The van der Waals surface area contributed by atoms with E-state index >= 15 is 0 Å². The molecular formula is C21H23N5O. The summed E-state index contributed by atoms with van der Waals surface area (Å²) in [7, 11) is 2.02. The van der Waals surface area contributed by atoms with Gasteiger partial charge in [0.2, 0.25) is 0 Å².